The number of ether oxygens (including phenoxy) is 1. The summed E-state index contributed by atoms with van der Waals surface area (Å²) in [5.74, 6) is -0.375. The number of aromatic nitrogens is 1. The molecule has 0 aliphatic heterocycles. The molecule has 1 aromatic rings. The molecule has 0 radical (unpaired) electrons. The van der Waals surface area contributed by atoms with Crippen molar-refractivity contribution >= 4 is 11.7 Å². The van der Waals surface area contributed by atoms with Crippen molar-refractivity contribution < 1.29 is 13.9 Å². The Hall–Kier alpha value is -1.69. The summed E-state index contributed by atoms with van der Waals surface area (Å²) in [7, 11) is 0. The maximum absolute atomic E-state index is 13.3. The van der Waals surface area contributed by atoms with Gasteiger partial charge in [0.2, 0.25) is 0 Å². The topological polar surface area (TPSA) is 63.2 Å². The van der Waals surface area contributed by atoms with E-state index in [1.165, 1.54) is 6.07 Å². The summed E-state index contributed by atoms with van der Waals surface area (Å²) in [5, 5.41) is 5.95. The van der Waals surface area contributed by atoms with Crippen LogP contribution in [0.15, 0.2) is 12.3 Å². The zero-order chi connectivity index (χ0) is 15.2. The molecule has 1 aliphatic carbocycles. The molecule has 1 amide bonds. The lowest BCUT2D eigenvalue weighted by molar-refractivity contribution is -0.00862. The number of nitrogens with one attached hydrogen (secondary N) is 2. The number of nitrogens with zero attached hydrogens (tertiary/aromatic N) is 1. The number of carbonyl (C=O) groups excluding carboxylic acids is 1. The predicted octanol–water partition coefficient (Wildman–Crippen LogP) is 2.34. The Morgan fingerprint density at radius 1 is 1.48 bits per heavy atom. The number of anilines is 1. The van der Waals surface area contributed by atoms with Crippen LogP contribution in [0.2, 0.25) is 0 Å². The van der Waals surface area contributed by atoms with Crippen molar-refractivity contribution in [2.24, 2.45) is 0 Å². The highest BCUT2D eigenvalue weighted by atomic mass is 19.1. The van der Waals surface area contributed by atoms with Crippen molar-refractivity contribution in [3.8, 4) is 0 Å². The molecule has 2 rings (SSSR count). The Kier molecular flexibility index (Phi) is 5.50. The minimum Gasteiger partial charge on any atom is -0.378 e. The molecule has 1 saturated carbocycles. The van der Waals surface area contributed by atoms with Crippen molar-refractivity contribution in [3.05, 3.63) is 23.6 Å². The van der Waals surface area contributed by atoms with Crippen LogP contribution in [0.1, 0.15) is 43.5 Å². The molecule has 21 heavy (non-hydrogen) atoms. The fraction of sp³-hybridized carbons (Fsp3) is 0.600. The van der Waals surface area contributed by atoms with E-state index in [0.717, 1.165) is 25.5 Å². The standard InChI is InChI=1S/C15H22FN3O2/c1-3-5-17-14-13(6-10(16)9-18-14)15(20)19-11-7-12(8-11)21-4-2/h6,9,11-12H,3-5,7-8H2,1-2H3,(H,17,18)(H,19,20). The van der Waals surface area contributed by atoms with Crippen LogP contribution in [0.25, 0.3) is 0 Å². The normalized spacial score (nSPS) is 20.7. The van der Waals surface area contributed by atoms with E-state index in [9.17, 15) is 9.18 Å². The second-order valence-electron chi connectivity index (χ2n) is 5.20. The minimum absolute atomic E-state index is 0.0938. The van der Waals surface area contributed by atoms with E-state index in [4.69, 9.17) is 4.74 Å². The molecule has 0 bridgehead atoms. The van der Waals surface area contributed by atoms with Gasteiger partial charge in [-0.15, -0.1) is 0 Å². The molecular weight excluding hydrogens is 273 g/mol. The molecule has 1 aromatic heterocycles. The van der Waals surface area contributed by atoms with Crippen LogP contribution < -0.4 is 10.6 Å². The van der Waals surface area contributed by atoms with Gasteiger partial charge >= 0.3 is 0 Å². The molecule has 0 spiro atoms. The van der Waals surface area contributed by atoms with Crippen molar-refractivity contribution in [2.75, 3.05) is 18.5 Å². The monoisotopic (exact) mass is 295 g/mol. The van der Waals surface area contributed by atoms with Gasteiger partial charge in [-0.25, -0.2) is 9.37 Å². The van der Waals surface area contributed by atoms with E-state index in [1.807, 2.05) is 13.8 Å². The minimum atomic E-state index is -0.511. The maximum Gasteiger partial charge on any atom is 0.255 e. The Labute approximate surface area is 124 Å². The molecule has 0 atom stereocenters. The lowest BCUT2D eigenvalue weighted by Crippen LogP contribution is -2.48. The number of halogens is 1. The highest BCUT2D eigenvalue weighted by Gasteiger charge is 2.31. The van der Waals surface area contributed by atoms with E-state index in [0.29, 0.717) is 19.0 Å². The second-order valence-corrected chi connectivity index (χ2v) is 5.20. The molecule has 6 heteroatoms. The third kappa shape index (κ3) is 4.14. The van der Waals surface area contributed by atoms with Crippen molar-refractivity contribution in [3.63, 3.8) is 0 Å². The fourth-order valence-corrected chi connectivity index (χ4v) is 2.32. The largest absolute Gasteiger partial charge is 0.378 e. The third-order valence-corrected chi connectivity index (χ3v) is 3.47. The Bertz CT molecular complexity index is 490. The zero-order valence-electron chi connectivity index (χ0n) is 12.5. The summed E-state index contributed by atoms with van der Waals surface area (Å²) in [5.41, 5.74) is 0.253. The summed E-state index contributed by atoms with van der Waals surface area (Å²) in [6.45, 7) is 5.34. The summed E-state index contributed by atoms with van der Waals surface area (Å²) in [6, 6.07) is 1.32. The van der Waals surface area contributed by atoms with Gasteiger partial charge in [0.15, 0.2) is 0 Å². The smallest absolute Gasteiger partial charge is 0.255 e. The quantitative estimate of drug-likeness (QED) is 0.810. The molecule has 1 aliphatic rings. The van der Waals surface area contributed by atoms with Crippen LogP contribution in [0.3, 0.4) is 0 Å². The van der Waals surface area contributed by atoms with Gasteiger partial charge in [0.05, 0.1) is 17.9 Å². The first kappa shape index (κ1) is 15.7. The molecule has 5 nitrogen and oxygen atoms in total. The van der Waals surface area contributed by atoms with Gasteiger partial charge in [0, 0.05) is 19.2 Å². The third-order valence-electron chi connectivity index (χ3n) is 3.47. The SMILES string of the molecule is CCCNc1ncc(F)cc1C(=O)NC1CC(OCC)C1. The summed E-state index contributed by atoms with van der Waals surface area (Å²) in [6.07, 6.45) is 3.85. The second kappa shape index (κ2) is 7.36. The number of carbonyl (C=O) groups is 1. The van der Waals surface area contributed by atoms with Gasteiger partial charge in [-0.3, -0.25) is 4.79 Å². The maximum atomic E-state index is 13.3. The number of rotatable bonds is 7. The van der Waals surface area contributed by atoms with Crippen LogP contribution in [0.5, 0.6) is 0 Å². The zero-order valence-corrected chi connectivity index (χ0v) is 12.5. The first-order chi connectivity index (χ1) is 10.1. The molecule has 0 unspecified atom stereocenters. The first-order valence-corrected chi connectivity index (χ1v) is 7.45. The van der Waals surface area contributed by atoms with E-state index in [1.54, 1.807) is 0 Å². The highest BCUT2D eigenvalue weighted by molar-refractivity contribution is 5.98. The molecule has 1 heterocycles. The number of pyridine rings is 1. The van der Waals surface area contributed by atoms with Crippen LogP contribution >= 0.6 is 0 Å². The van der Waals surface area contributed by atoms with E-state index >= 15 is 0 Å². The Balaban J connectivity index is 1.96. The van der Waals surface area contributed by atoms with E-state index < -0.39 is 5.82 Å². The molecule has 116 valence electrons. The van der Waals surface area contributed by atoms with Gasteiger partial charge in [0.25, 0.3) is 5.91 Å². The highest BCUT2D eigenvalue weighted by Crippen LogP contribution is 2.24. The number of hydrogen-bond donors (Lipinski definition) is 2. The van der Waals surface area contributed by atoms with Gasteiger partial charge in [-0.2, -0.15) is 0 Å². The Morgan fingerprint density at radius 3 is 2.90 bits per heavy atom. The van der Waals surface area contributed by atoms with Gasteiger partial charge in [0.1, 0.15) is 11.6 Å². The van der Waals surface area contributed by atoms with Crippen molar-refractivity contribution in [1.82, 2.24) is 10.3 Å². The predicted molar refractivity (Wildman–Crippen MR) is 78.9 cm³/mol. The summed E-state index contributed by atoms with van der Waals surface area (Å²) < 4.78 is 18.8. The van der Waals surface area contributed by atoms with Gasteiger partial charge in [-0.1, -0.05) is 6.92 Å². The van der Waals surface area contributed by atoms with E-state index in [2.05, 4.69) is 15.6 Å². The average molecular weight is 295 g/mol. The average Bonchev–Trinajstić information content (AvgIpc) is 2.43. The number of amides is 1. The molecule has 1 fully saturated rings. The van der Waals surface area contributed by atoms with Gasteiger partial charge in [-0.05, 0) is 32.3 Å². The fourth-order valence-electron chi connectivity index (χ4n) is 2.32. The van der Waals surface area contributed by atoms with E-state index in [-0.39, 0.29) is 23.6 Å². The lowest BCUT2D eigenvalue weighted by atomic mass is 9.89. The summed E-state index contributed by atoms with van der Waals surface area (Å²) >= 11 is 0. The molecule has 0 saturated heterocycles. The van der Waals surface area contributed by atoms with Gasteiger partial charge < -0.3 is 15.4 Å². The van der Waals surface area contributed by atoms with Crippen LogP contribution in [0, 0.1) is 5.82 Å². The van der Waals surface area contributed by atoms with Crippen molar-refractivity contribution in [1.29, 1.82) is 0 Å². The molecule has 2 N–H and O–H groups in total. The Morgan fingerprint density at radius 2 is 2.24 bits per heavy atom. The van der Waals surface area contributed by atoms with Crippen molar-refractivity contribution in [2.45, 2.75) is 45.3 Å². The van der Waals surface area contributed by atoms with Crippen LogP contribution in [0.4, 0.5) is 10.2 Å². The van der Waals surface area contributed by atoms with Crippen LogP contribution in [-0.4, -0.2) is 36.2 Å². The van der Waals surface area contributed by atoms with Crippen LogP contribution in [-0.2, 0) is 4.74 Å². The molecular formula is C15H22FN3O2. The molecule has 0 aromatic carbocycles. The lowest BCUT2D eigenvalue weighted by Gasteiger charge is -2.35. The number of hydrogen-bond acceptors (Lipinski definition) is 4. The summed E-state index contributed by atoms with van der Waals surface area (Å²) in [4.78, 5) is 16.2. The first-order valence-electron chi connectivity index (χ1n) is 7.45.